The molecule has 3 rings (SSSR count). The molecule has 7 heteroatoms. The minimum atomic E-state index is -1.25. The van der Waals surface area contributed by atoms with Crippen LogP contribution in [-0.4, -0.2) is 34.2 Å². The lowest BCUT2D eigenvalue weighted by Gasteiger charge is -2.21. The Balaban J connectivity index is 1.75. The zero-order chi connectivity index (χ0) is 21.2. The molecule has 2 amide bonds. The van der Waals surface area contributed by atoms with Crippen molar-refractivity contribution >= 4 is 18.1 Å². The lowest BCUT2D eigenvalue weighted by molar-refractivity contribution is -0.123. The molecule has 0 aliphatic heterocycles. The van der Waals surface area contributed by atoms with Gasteiger partial charge in [-0.15, -0.1) is 0 Å². The standard InChI is InChI=1S/C23H23N3O4/c27-22(20(26-23(28)29)16-18-9-5-2-6-10-18)25-19(11-12-21-24-13-14-30-21)15-17-7-3-1-4-8-17/h1-14,19-20,26H,15-16H2,(H,25,27)(H,28,29)/b12-11+/t19-,20+/m1/s1. The number of carbonyl (C=O) groups is 2. The molecule has 1 heterocycles. The molecule has 2 aromatic carbocycles. The summed E-state index contributed by atoms with van der Waals surface area (Å²) < 4.78 is 5.22. The van der Waals surface area contributed by atoms with Crippen LogP contribution < -0.4 is 10.6 Å². The van der Waals surface area contributed by atoms with Crippen LogP contribution >= 0.6 is 0 Å². The summed E-state index contributed by atoms with van der Waals surface area (Å²) in [7, 11) is 0. The number of amides is 2. The summed E-state index contributed by atoms with van der Waals surface area (Å²) in [5, 5.41) is 14.4. The molecule has 7 nitrogen and oxygen atoms in total. The monoisotopic (exact) mass is 405 g/mol. The highest BCUT2D eigenvalue weighted by Gasteiger charge is 2.23. The van der Waals surface area contributed by atoms with Gasteiger partial charge in [-0.1, -0.05) is 66.7 Å². The highest BCUT2D eigenvalue weighted by Crippen LogP contribution is 2.09. The van der Waals surface area contributed by atoms with Gasteiger partial charge in [0.15, 0.2) is 0 Å². The van der Waals surface area contributed by atoms with E-state index in [-0.39, 0.29) is 12.5 Å². The number of carbonyl (C=O) groups excluding carboxylic acids is 1. The van der Waals surface area contributed by atoms with E-state index in [1.807, 2.05) is 60.7 Å². The maximum absolute atomic E-state index is 12.9. The fourth-order valence-corrected chi connectivity index (χ4v) is 3.04. The molecular formula is C23H23N3O4. The highest BCUT2D eigenvalue weighted by molar-refractivity contribution is 5.86. The molecule has 0 fully saturated rings. The molecule has 0 spiro atoms. The Morgan fingerprint density at radius 1 is 0.967 bits per heavy atom. The van der Waals surface area contributed by atoms with Crippen molar-refractivity contribution in [3.63, 3.8) is 0 Å². The van der Waals surface area contributed by atoms with Crippen molar-refractivity contribution in [2.45, 2.75) is 24.9 Å². The van der Waals surface area contributed by atoms with Crippen molar-refractivity contribution in [3.8, 4) is 0 Å². The van der Waals surface area contributed by atoms with Gasteiger partial charge < -0.3 is 20.2 Å². The maximum atomic E-state index is 12.9. The largest absolute Gasteiger partial charge is 0.465 e. The summed E-state index contributed by atoms with van der Waals surface area (Å²) in [5.41, 5.74) is 1.90. The van der Waals surface area contributed by atoms with Gasteiger partial charge in [0.25, 0.3) is 0 Å². The summed E-state index contributed by atoms with van der Waals surface area (Å²) in [6.45, 7) is 0. The molecule has 3 aromatic rings. The molecule has 3 N–H and O–H groups in total. The van der Waals surface area contributed by atoms with Crippen molar-refractivity contribution < 1.29 is 19.1 Å². The molecule has 0 saturated heterocycles. The van der Waals surface area contributed by atoms with E-state index in [4.69, 9.17) is 4.42 Å². The number of benzene rings is 2. The Kier molecular flexibility index (Phi) is 7.38. The molecule has 0 aliphatic carbocycles. The fourth-order valence-electron chi connectivity index (χ4n) is 3.04. The van der Waals surface area contributed by atoms with Gasteiger partial charge in [-0.05, 0) is 23.6 Å². The number of carboxylic acid groups (broad SMARTS) is 1. The Labute approximate surface area is 174 Å². The molecule has 0 aliphatic rings. The first kappa shape index (κ1) is 20.9. The molecule has 0 radical (unpaired) electrons. The van der Waals surface area contributed by atoms with Crippen molar-refractivity contribution in [2.75, 3.05) is 0 Å². The van der Waals surface area contributed by atoms with Crippen LogP contribution in [0.3, 0.4) is 0 Å². The zero-order valence-electron chi connectivity index (χ0n) is 16.3. The van der Waals surface area contributed by atoms with Crippen LogP contribution in [0.5, 0.6) is 0 Å². The van der Waals surface area contributed by atoms with Crippen molar-refractivity contribution in [3.05, 3.63) is 96.2 Å². The first-order valence-corrected chi connectivity index (χ1v) is 9.55. The van der Waals surface area contributed by atoms with E-state index in [0.29, 0.717) is 12.3 Å². The normalized spacial score (nSPS) is 12.9. The summed E-state index contributed by atoms with van der Waals surface area (Å²) in [4.78, 5) is 28.2. The van der Waals surface area contributed by atoms with E-state index in [9.17, 15) is 14.7 Å². The van der Waals surface area contributed by atoms with Crippen LogP contribution in [0, 0.1) is 0 Å². The topological polar surface area (TPSA) is 104 Å². The van der Waals surface area contributed by atoms with Gasteiger partial charge in [-0.3, -0.25) is 4.79 Å². The Bertz CT molecular complexity index is 957. The molecule has 1 aromatic heterocycles. The van der Waals surface area contributed by atoms with Crippen LogP contribution in [0.15, 0.2) is 83.6 Å². The van der Waals surface area contributed by atoms with E-state index in [1.165, 1.54) is 12.5 Å². The van der Waals surface area contributed by atoms with Gasteiger partial charge in [0.05, 0.1) is 12.2 Å². The number of nitrogens with one attached hydrogen (secondary N) is 2. The summed E-state index contributed by atoms with van der Waals surface area (Å²) >= 11 is 0. The number of hydrogen-bond acceptors (Lipinski definition) is 4. The third-order valence-corrected chi connectivity index (χ3v) is 4.45. The first-order valence-electron chi connectivity index (χ1n) is 9.55. The lowest BCUT2D eigenvalue weighted by Crippen LogP contribution is -2.50. The van der Waals surface area contributed by atoms with E-state index in [1.54, 1.807) is 12.2 Å². The second-order valence-electron chi connectivity index (χ2n) is 6.73. The molecule has 0 bridgehead atoms. The Morgan fingerprint density at radius 2 is 1.60 bits per heavy atom. The van der Waals surface area contributed by atoms with Crippen molar-refractivity contribution in [1.29, 1.82) is 0 Å². The van der Waals surface area contributed by atoms with Crippen LogP contribution in [-0.2, 0) is 17.6 Å². The quantitative estimate of drug-likeness (QED) is 0.507. The second kappa shape index (κ2) is 10.6. The molecule has 0 saturated carbocycles. The van der Waals surface area contributed by atoms with Gasteiger partial charge >= 0.3 is 6.09 Å². The predicted octanol–water partition coefficient (Wildman–Crippen LogP) is 3.29. The Hall–Kier alpha value is -3.87. The lowest BCUT2D eigenvalue weighted by atomic mass is 10.0. The van der Waals surface area contributed by atoms with Crippen LogP contribution in [0.4, 0.5) is 4.79 Å². The molecular weight excluding hydrogens is 382 g/mol. The molecule has 154 valence electrons. The Morgan fingerprint density at radius 3 is 2.17 bits per heavy atom. The van der Waals surface area contributed by atoms with Crippen molar-refractivity contribution in [2.24, 2.45) is 0 Å². The van der Waals surface area contributed by atoms with Crippen molar-refractivity contribution in [1.82, 2.24) is 15.6 Å². The first-order chi connectivity index (χ1) is 14.6. The zero-order valence-corrected chi connectivity index (χ0v) is 16.3. The predicted molar refractivity (Wildman–Crippen MR) is 113 cm³/mol. The minimum absolute atomic E-state index is 0.250. The van der Waals surface area contributed by atoms with E-state index >= 15 is 0 Å². The second-order valence-corrected chi connectivity index (χ2v) is 6.73. The summed E-state index contributed by atoms with van der Waals surface area (Å²) in [6, 6.07) is 17.7. The number of rotatable bonds is 9. The molecule has 2 atom stereocenters. The average Bonchev–Trinajstić information content (AvgIpc) is 3.26. The van der Waals surface area contributed by atoms with Gasteiger partial charge in [-0.25, -0.2) is 9.78 Å². The maximum Gasteiger partial charge on any atom is 0.405 e. The van der Waals surface area contributed by atoms with Gasteiger partial charge in [-0.2, -0.15) is 0 Å². The van der Waals surface area contributed by atoms with Gasteiger partial charge in [0.1, 0.15) is 12.3 Å². The van der Waals surface area contributed by atoms with E-state index < -0.39 is 18.0 Å². The minimum Gasteiger partial charge on any atom is -0.465 e. The number of hydrogen-bond donors (Lipinski definition) is 3. The summed E-state index contributed by atoms with van der Waals surface area (Å²) in [5.74, 6) is 0.0195. The van der Waals surface area contributed by atoms with E-state index in [0.717, 1.165) is 11.1 Å². The van der Waals surface area contributed by atoms with E-state index in [2.05, 4.69) is 15.6 Å². The molecule has 0 unspecified atom stereocenters. The van der Waals surface area contributed by atoms with Crippen LogP contribution in [0.1, 0.15) is 17.0 Å². The number of aromatic nitrogens is 1. The SMILES string of the molecule is O=C(O)N[C@@H](Cc1ccccc1)C(=O)N[C@H](/C=C/c1ncco1)Cc1ccccc1. The smallest absolute Gasteiger partial charge is 0.405 e. The number of nitrogens with zero attached hydrogens (tertiary/aromatic N) is 1. The van der Waals surface area contributed by atoms with Crippen LogP contribution in [0.2, 0.25) is 0 Å². The fraction of sp³-hybridized carbons (Fsp3) is 0.174. The number of oxazole rings is 1. The molecule has 30 heavy (non-hydrogen) atoms. The highest BCUT2D eigenvalue weighted by atomic mass is 16.4. The summed E-state index contributed by atoms with van der Waals surface area (Å²) in [6.07, 6.45) is 6.02. The third-order valence-electron chi connectivity index (χ3n) is 4.45. The van der Waals surface area contributed by atoms with Gasteiger partial charge in [0, 0.05) is 6.42 Å². The van der Waals surface area contributed by atoms with Crippen LogP contribution in [0.25, 0.3) is 6.08 Å². The average molecular weight is 405 g/mol. The van der Waals surface area contributed by atoms with Gasteiger partial charge in [0.2, 0.25) is 11.8 Å². The third kappa shape index (κ3) is 6.63.